The zero-order valence-corrected chi connectivity index (χ0v) is 17.2. The van der Waals surface area contributed by atoms with Crippen LogP contribution in [0.3, 0.4) is 0 Å². The van der Waals surface area contributed by atoms with Gasteiger partial charge in [-0.25, -0.2) is 4.98 Å². The van der Waals surface area contributed by atoms with Crippen molar-refractivity contribution in [1.82, 2.24) is 9.55 Å². The van der Waals surface area contributed by atoms with E-state index < -0.39 is 11.2 Å². The second-order valence-corrected chi connectivity index (χ2v) is 7.94. The van der Waals surface area contributed by atoms with Crippen molar-refractivity contribution in [2.45, 2.75) is 30.3 Å². The van der Waals surface area contributed by atoms with Crippen LogP contribution in [-0.2, 0) is 11.3 Å². The highest BCUT2D eigenvalue weighted by atomic mass is 32.2. The molecule has 0 aliphatic rings. The topological polar surface area (TPSA) is 127 Å². The maximum atomic E-state index is 12.9. The van der Waals surface area contributed by atoms with Crippen LogP contribution in [0.4, 0.5) is 5.69 Å². The fourth-order valence-corrected chi connectivity index (χ4v) is 3.77. The van der Waals surface area contributed by atoms with Crippen LogP contribution in [0, 0.1) is 0 Å². The molecule has 30 heavy (non-hydrogen) atoms. The van der Waals surface area contributed by atoms with Crippen LogP contribution >= 0.6 is 11.8 Å². The number of nitrogens with two attached hydrogens (primary N) is 1. The number of carbonyl (C=O) groups excluding carboxylic acids is 2. The van der Waals surface area contributed by atoms with Gasteiger partial charge in [-0.3, -0.25) is 19.0 Å². The van der Waals surface area contributed by atoms with Crippen LogP contribution in [0.15, 0.2) is 58.5 Å². The zero-order chi connectivity index (χ0) is 21.7. The molecular weight excluding hydrogens is 404 g/mol. The Morgan fingerprint density at radius 1 is 1.20 bits per heavy atom. The number of thioether (sulfide) groups is 1. The van der Waals surface area contributed by atoms with Crippen molar-refractivity contribution in [3.63, 3.8) is 0 Å². The Balaban J connectivity index is 1.82. The molecule has 8 nitrogen and oxygen atoms in total. The Kier molecular flexibility index (Phi) is 6.86. The number of aromatic nitrogens is 2. The molecule has 0 aliphatic carbocycles. The number of anilines is 1. The lowest BCUT2D eigenvalue weighted by Gasteiger charge is -2.16. The molecule has 0 bridgehead atoms. The Morgan fingerprint density at radius 2 is 1.90 bits per heavy atom. The summed E-state index contributed by atoms with van der Waals surface area (Å²) in [4.78, 5) is 41.2. The number of aliphatic hydroxyl groups is 1. The molecule has 0 aliphatic heterocycles. The Hall–Kier alpha value is -3.17. The quantitative estimate of drug-likeness (QED) is 0.373. The van der Waals surface area contributed by atoms with Crippen molar-refractivity contribution in [3.05, 3.63) is 64.4 Å². The number of carbonyl (C=O) groups is 2. The van der Waals surface area contributed by atoms with Gasteiger partial charge in [-0.15, -0.1) is 0 Å². The minimum Gasteiger partial charge on any atom is -0.396 e. The fourth-order valence-electron chi connectivity index (χ4n) is 2.84. The molecule has 9 heteroatoms. The highest BCUT2D eigenvalue weighted by Gasteiger charge is 2.19. The molecule has 156 valence electrons. The summed E-state index contributed by atoms with van der Waals surface area (Å²) in [5.41, 5.74) is 6.45. The van der Waals surface area contributed by atoms with Crippen molar-refractivity contribution in [2.75, 3.05) is 11.9 Å². The van der Waals surface area contributed by atoms with Crippen molar-refractivity contribution in [2.24, 2.45) is 5.73 Å². The van der Waals surface area contributed by atoms with Gasteiger partial charge in [0.1, 0.15) is 0 Å². The highest BCUT2D eigenvalue weighted by molar-refractivity contribution is 8.00. The third-order valence-corrected chi connectivity index (χ3v) is 5.54. The van der Waals surface area contributed by atoms with Gasteiger partial charge in [-0.1, -0.05) is 23.9 Å². The van der Waals surface area contributed by atoms with Crippen LogP contribution in [0.2, 0.25) is 0 Å². The lowest BCUT2D eigenvalue weighted by molar-refractivity contribution is -0.115. The first-order valence-corrected chi connectivity index (χ1v) is 10.3. The lowest BCUT2D eigenvalue weighted by atomic mass is 10.2. The SMILES string of the molecule is CC(Sc1nc2ccccc2c(=O)n1CCCO)C(=O)Nc1ccc(C(N)=O)cc1. The van der Waals surface area contributed by atoms with Gasteiger partial charge < -0.3 is 16.2 Å². The van der Waals surface area contributed by atoms with Gasteiger partial charge >= 0.3 is 0 Å². The van der Waals surface area contributed by atoms with E-state index in [2.05, 4.69) is 10.3 Å². The molecule has 1 heterocycles. The highest BCUT2D eigenvalue weighted by Crippen LogP contribution is 2.24. The van der Waals surface area contributed by atoms with Gasteiger partial charge in [0.05, 0.1) is 16.2 Å². The lowest BCUT2D eigenvalue weighted by Crippen LogP contribution is -2.27. The van der Waals surface area contributed by atoms with Crippen LogP contribution in [0.5, 0.6) is 0 Å². The second kappa shape index (κ2) is 9.55. The molecule has 3 aromatic rings. The predicted molar refractivity (Wildman–Crippen MR) is 117 cm³/mol. The summed E-state index contributed by atoms with van der Waals surface area (Å²) < 4.78 is 1.49. The van der Waals surface area contributed by atoms with E-state index in [0.717, 1.165) is 0 Å². The standard InChI is InChI=1S/C21H22N4O4S/c1-13(19(28)23-15-9-7-14(8-10-15)18(22)27)30-21-24-17-6-3-2-5-16(17)20(29)25(21)11-4-12-26/h2-3,5-10,13,26H,4,11-12H2,1H3,(H2,22,27)(H,23,28). The van der Waals surface area contributed by atoms with Crippen LogP contribution < -0.4 is 16.6 Å². The van der Waals surface area contributed by atoms with E-state index >= 15 is 0 Å². The molecule has 2 amide bonds. The van der Waals surface area contributed by atoms with Crippen molar-refractivity contribution >= 4 is 40.2 Å². The van der Waals surface area contributed by atoms with E-state index in [4.69, 9.17) is 5.73 Å². The molecular formula is C21H22N4O4S. The number of nitrogens with zero attached hydrogens (tertiary/aromatic N) is 2. The zero-order valence-electron chi connectivity index (χ0n) is 16.4. The monoisotopic (exact) mass is 426 g/mol. The summed E-state index contributed by atoms with van der Waals surface area (Å²) in [5, 5.41) is 12.3. The van der Waals surface area contributed by atoms with E-state index in [-0.39, 0.29) is 18.1 Å². The average molecular weight is 426 g/mol. The number of nitrogens with one attached hydrogen (secondary N) is 1. The van der Waals surface area contributed by atoms with Gasteiger partial charge in [-0.2, -0.15) is 0 Å². The third-order valence-electron chi connectivity index (χ3n) is 4.45. The van der Waals surface area contributed by atoms with Crippen molar-refractivity contribution in [3.8, 4) is 0 Å². The molecule has 0 radical (unpaired) electrons. The minimum absolute atomic E-state index is 0.0548. The number of hydrogen-bond donors (Lipinski definition) is 3. The Labute approximate surface area is 177 Å². The summed E-state index contributed by atoms with van der Waals surface area (Å²) >= 11 is 1.17. The maximum absolute atomic E-state index is 12.9. The molecule has 0 saturated heterocycles. The minimum atomic E-state index is -0.547. The molecule has 0 fully saturated rings. The first kappa shape index (κ1) is 21.5. The molecule has 0 spiro atoms. The molecule has 1 atom stereocenters. The summed E-state index contributed by atoms with van der Waals surface area (Å²) in [6.45, 7) is 1.97. The number of primary amides is 1. The summed E-state index contributed by atoms with van der Waals surface area (Å²) in [6, 6.07) is 13.3. The average Bonchev–Trinajstić information content (AvgIpc) is 2.74. The van der Waals surface area contributed by atoms with Crippen LogP contribution in [-0.4, -0.2) is 38.3 Å². The number of hydrogen-bond acceptors (Lipinski definition) is 6. The Morgan fingerprint density at radius 3 is 2.57 bits per heavy atom. The molecule has 1 unspecified atom stereocenters. The van der Waals surface area contributed by atoms with Gasteiger partial charge in [-0.05, 0) is 49.7 Å². The number of fused-ring (bicyclic) bond motifs is 1. The molecule has 3 rings (SSSR count). The van der Waals surface area contributed by atoms with E-state index in [1.165, 1.54) is 28.5 Å². The van der Waals surface area contributed by atoms with E-state index in [1.54, 1.807) is 43.3 Å². The molecule has 2 aromatic carbocycles. The largest absolute Gasteiger partial charge is 0.396 e. The van der Waals surface area contributed by atoms with Crippen LogP contribution in [0.25, 0.3) is 10.9 Å². The van der Waals surface area contributed by atoms with Crippen molar-refractivity contribution in [1.29, 1.82) is 0 Å². The molecule has 4 N–H and O–H groups in total. The third kappa shape index (κ3) is 4.87. The van der Waals surface area contributed by atoms with E-state index in [1.807, 2.05) is 0 Å². The van der Waals surface area contributed by atoms with E-state index in [0.29, 0.717) is 40.3 Å². The normalized spacial score (nSPS) is 11.9. The van der Waals surface area contributed by atoms with Gasteiger partial charge in [0.15, 0.2) is 5.16 Å². The molecule has 1 aromatic heterocycles. The number of para-hydroxylation sites is 1. The van der Waals surface area contributed by atoms with Gasteiger partial charge in [0.2, 0.25) is 11.8 Å². The number of aliphatic hydroxyl groups excluding tert-OH is 1. The number of amides is 2. The maximum Gasteiger partial charge on any atom is 0.262 e. The fraction of sp³-hybridized carbons (Fsp3) is 0.238. The first-order valence-electron chi connectivity index (χ1n) is 9.38. The summed E-state index contributed by atoms with van der Waals surface area (Å²) in [7, 11) is 0. The predicted octanol–water partition coefficient (Wildman–Crippen LogP) is 2.00. The smallest absolute Gasteiger partial charge is 0.262 e. The number of benzene rings is 2. The van der Waals surface area contributed by atoms with Crippen LogP contribution in [0.1, 0.15) is 23.7 Å². The summed E-state index contributed by atoms with van der Waals surface area (Å²) in [6.07, 6.45) is 0.403. The van der Waals surface area contributed by atoms with Gasteiger partial charge in [0, 0.05) is 24.4 Å². The summed E-state index contributed by atoms with van der Waals surface area (Å²) in [5.74, 6) is -0.817. The second-order valence-electron chi connectivity index (χ2n) is 6.64. The Bertz CT molecular complexity index is 1130. The first-order chi connectivity index (χ1) is 14.4. The number of rotatable bonds is 8. The van der Waals surface area contributed by atoms with Crippen molar-refractivity contribution < 1.29 is 14.7 Å². The van der Waals surface area contributed by atoms with Gasteiger partial charge in [0.25, 0.3) is 5.56 Å². The molecule has 0 saturated carbocycles. The van der Waals surface area contributed by atoms with E-state index in [9.17, 15) is 19.5 Å².